The molecule has 1 fully saturated rings. The first kappa shape index (κ1) is 14.1. The molecule has 5 heteroatoms. The van der Waals surface area contributed by atoms with E-state index >= 15 is 0 Å². The number of hydrogen-bond acceptors (Lipinski definition) is 3. The van der Waals surface area contributed by atoms with Crippen molar-refractivity contribution in [1.82, 2.24) is 4.90 Å². The van der Waals surface area contributed by atoms with E-state index in [9.17, 15) is 8.78 Å². The van der Waals surface area contributed by atoms with E-state index in [0.29, 0.717) is 17.4 Å². The molecule has 0 bridgehead atoms. The zero-order valence-electron chi connectivity index (χ0n) is 11.4. The molecular weight excluding hydrogens is 248 g/mol. The highest BCUT2D eigenvalue weighted by Gasteiger charge is 2.24. The van der Waals surface area contributed by atoms with Crippen molar-refractivity contribution in [2.24, 2.45) is 0 Å². The average Bonchev–Trinajstić information content (AvgIpc) is 2.38. The van der Waals surface area contributed by atoms with Crippen LogP contribution >= 0.6 is 0 Å². The van der Waals surface area contributed by atoms with Gasteiger partial charge in [0.05, 0.1) is 0 Å². The van der Waals surface area contributed by atoms with Crippen molar-refractivity contribution in [3.63, 3.8) is 0 Å². The van der Waals surface area contributed by atoms with Crippen molar-refractivity contribution in [3.8, 4) is 0 Å². The number of hydrogen-bond donors (Lipinski definition) is 1. The van der Waals surface area contributed by atoms with Gasteiger partial charge in [-0.2, -0.15) is 0 Å². The maximum absolute atomic E-state index is 13.1. The third kappa shape index (κ3) is 3.15. The van der Waals surface area contributed by atoms with Gasteiger partial charge in [0.1, 0.15) is 0 Å². The summed E-state index contributed by atoms with van der Waals surface area (Å²) in [6, 6.07) is 5.09. The molecule has 0 spiro atoms. The van der Waals surface area contributed by atoms with Crippen LogP contribution < -0.4 is 10.6 Å². The molecule has 0 amide bonds. The molecule has 2 rings (SSSR count). The van der Waals surface area contributed by atoms with Crippen molar-refractivity contribution in [3.05, 3.63) is 23.8 Å². The van der Waals surface area contributed by atoms with Gasteiger partial charge >= 0.3 is 0 Å². The molecule has 0 unspecified atom stereocenters. The van der Waals surface area contributed by atoms with Crippen molar-refractivity contribution in [2.45, 2.75) is 25.3 Å². The molecular formula is C14H21F2N3. The largest absolute Gasteiger partial charge is 0.399 e. The van der Waals surface area contributed by atoms with Gasteiger partial charge in [0, 0.05) is 30.0 Å². The monoisotopic (exact) mass is 269 g/mol. The Balaban J connectivity index is 2.21. The molecule has 0 aromatic heterocycles. The molecule has 1 aliphatic rings. The molecule has 1 saturated heterocycles. The maximum Gasteiger partial charge on any atom is 0.265 e. The van der Waals surface area contributed by atoms with Gasteiger partial charge in [-0.05, 0) is 51.2 Å². The minimum absolute atomic E-state index is 0.0291. The van der Waals surface area contributed by atoms with Crippen LogP contribution in [-0.2, 0) is 0 Å². The Labute approximate surface area is 113 Å². The van der Waals surface area contributed by atoms with Crippen molar-refractivity contribution in [2.75, 3.05) is 37.8 Å². The summed E-state index contributed by atoms with van der Waals surface area (Å²) in [5, 5.41) is 0. The second-order valence-corrected chi connectivity index (χ2v) is 5.26. The fourth-order valence-corrected chi connectivity index (χ4v) is 2.65. The highest BCUT2D eigenvalue weighted by Crippen LogP contribution is 2.33. The molecule has 1 aromatic carbocycles. The SMILES string of the molecule is CN1CCC(N(C)c2ccc(N)cc2C(F)F)CC1. The molecule has 1 heterocycles. The van der Waals surface area contributed by atoms with Crippen LogP contribution in [0.1, 0.15) is 24.8 Å². The van der Waals surface area contributed by atoms with Crippen LogP contribution in [0.2, 0.25) is 0 Å². The normalized spacial score (nSPS) is 17.9. The highest BCUT2D eigenvalue weighted by molar-refractivity contribution is 5.60. The third-order valence-electron chi connectivity index (χ3n) is 3.90. The molecule has 0 saturated carbocycles. The summed E-state index contributed by atoms with van der Waals surface area (Å²) in [6.07, 6.45) is -0.493. The maximum atomic E-state index is 13.1. The van der Waals surface area contributed by atoms with Crippen LogP contribution in [0.3, 0.4) is 0 Å². The molecule has 0 atom stereocenters. The van der Waals surface area contributed by atoms with Gasteiger partial charge in [-0.1, -0.05) is 0 Å². The topological polar surface area (TPSA) is 32.5 Å². The van der Waals surface area contributed by atoms with Crippen LogP contribution in [0.5, 0.6) is 0 Å². The number of nitrogen functional groups attached to an aromatic ring is 1. The van der Waals surface area contributed by atoms with Gasteiger partial charge in [-0.25, -0.2) is 8.78 Å². The van der Waals surface area contributed by atoms with E-state index in [1.807, 2.05) is 11.9 Å². The third-order valence-corrected chi connectivity index (χ3v) is 3.90. The smallest absolute Gasteiger partial charge is 0.265 e. The quantitative estimate of drug-likeness (QED) is 0.856. The number of rotatable bonds is 3. The number of piperidine rings is 1. The Hall–Kier alpha value is -1.36. The standard InChI is InChI=1S/C14H21F2N3/c1-18-7-5-11(6-8-18)19(2)13-4-3-10(17)9-12(13)14(15)16/h3-4,9,11,14H,5-8,17H2,1-2H3. The van der Waals surface area contributed by atoms with Gasteiger partial charge < -0.3 is 15.5 Å². The van der Waals surface area contributed by atoms with Crippen molar-refractivity contribution in [1.29, 1.82) is 0 Å². The molecule has 0 radical (unpaired) electrons. The number of likely N-dealkylation sites (tertiary alicyclic amines) is 1. The Morgan fingerprint density at radius 2 is 1.95 bits per heavy atom. The van der Waals surface area contributed by atoms with E-state index in [2.05, 4.69) is 11.9 Å². The average molecular weight is 269 g/mol. The fourth-order valence-electron chi connectivity index (χ4n) is 2.65. The fraction of sp³-hybridized carbons (Fsp3) is 0.571. The minimum Gasteiger partial charge on any atom is -0.399 e. The first-order valence-corrected chi connectivity index (χ1v) is 6.58. The Morgan fingerprint density at radius 1 is 1.32 bits per heavy atom. The summed E-state index contributed by atoms with van der Waals surface area (Å²) in [5.74, 6) is 0. The summed E-state index contributed by atoms with van der Waals surface area (Å²) in [7, 11) is 3.98. The zero-order valence-corrected chi connectivity index (χ0v) is 11.4. The summed E-state index contributed by atoms with van der Waals surface area (Å²) in [6.45, 7) is 2.02. The van der Waals surface area contributed by atoms with Gasteiger partial charge in [0.25, 0.3) is 6.43 Å². The van der Waals surface area contributed by atoms with Gasteiger partial charge in [-0.3, -0.25) is 0 Å². The lowest BCUT2D eigenvalue weighted by Gasteiger charge is -2.37. The van der Waals surface area contributed by atoms with Crippen LogP contribution in [0.25, 0.3) is 0 Å². The van der Waals surface area contributed by atoms with Gasteiger partial charge in [0.2, 0.25) is 0 Å². The van der Waals surface area contributed by atoms with Gasteiger partial charge in [-0.15, -0.1) is 0 Å². The number of halogens is 2. The van der Waals surface area contributed by atoms with Crippen molar-refractivity contribution < 1.29 is 8.78 Å². The first-order chi connectivity index (χ1) is 8.99. The first-order valence-electron chi connectivity index (χ1n) is 6.58. The summed E-state index contributed by atoms with van der Waals surface area (Å²) >= 11 is 0. The summed E-state index contributed by atoms with van der Waals surface area (Å²) in [5.41, 5.74) is 6.61. The predicted octanol–water partition coefficient (Wildman–Crippen LogP) is 2.74. The lowest BCUT2D eigenvalue weighted by molar-refractivity contribution is 0.151. The minimum atomic E-state index is -2.49. The van der Waals surface area contributed by atoms with Crippen LogP contribution in [-0.4, -0.2) is 38.1 Å². The van der Waals surface area contributed by atoms with E-state index in [4.69, 9.17) is 5.73 Å². The van der Waals surface area contributed by atoms with E-state index in [-0.39, 0.29) is 5.56 Å². The molecule has 0 aliphatic carbocycles. The number of alkyl halides is 2. The van der Waals surface area contributed by atoms with Crippen LogP contribution in [0.15, 0.2) is 18.2 Å². The molecule has 19 heavy (non-hydrogen) atoms. The van der Waals surface area contributed by atoms with E-state index in [1.165, 1.54) is 6.07 Å². The van der Waals surface area contributed by atoms with E-state index in [0.717, 1.165) is 25.9 Å². The number of nitrogens with zero attached hydrogens (tertiary/aromatic N) is 2. The highest BCUT2D eigenvalue weighted by atomic mass is 19.3. The molecule has 106 valence electrons. The Bertz CT molecular complexity index is 429. The van der Waals surface area contributed by atoms with Gasteiger partial charge in [0.15, 0.2) is 0 Å². The van der Waals surface area contributed by atoms with Crippen LogP contribution in [0.4, 0.5) is 20.2 Å². The molecule has 1 aliphatic heterocycles. The zero-order chi connectivity index (χ0) is 14.0. The lowest BCUT2D eigenvalue weighted by atomic mass is 10.0. The van der Waals surface area contributed by atoms with E-state index in [1.54, 1.807) is 12.1 Å². The predicted molar refractivity (Wildman–Crippen MR) is 74.7 cm³/mol. The molecule has 2 N–H and O–H groups in total. The number of benzene rings is 1. The van der Waals surface area contributed by atoms with Crippen LogP contribution in [0, 0.1) is 0 Å². The Morgan fingerprint density at radius 3 is 2.53 bits per heavy atom. The summed E-state index contributed by atoms with van der Waals surface area (Å²) in [4.78, 5) is 4.25. The Kier molecular flexibility index (Phi) is 4.24. The summed E-state index contributed by atoms with van der Waals surface area (Å²) < 4.78 is 26.2. The van der Waals surface area contributed by atoms with E-state index < -0.39 is 6.43 Å². The number of anilines is 2. The second-order valence-electron chi connectivity index (χ2n) is 5.26. The number of nitrogens with two attached hydrogens (primary N) is 1. The molecule has 3 nitrogen and oxygen atoms in total. The molecule has 1 aromatic rings. The lowest BCUT2D eigenvalue weighted by Crippen LogP contribution is -2.42. The second kappa shape index (κ2) is 5.74. The van der Waals surface area contributed by atoms with Crippen molar-refractivity contribution >= 4 is 11.4 Å².